The highest BCUT2D eigenvalue weighted by Crippen LogP contribution is 2.22. The average molecular weight is 328 g/mol. The van der Waals surface area contributed by atoms with Gasteiger partial charge in [0.15, 0.2) is 5.65 Å². The summed E-state index contributed by atoms with van der Waals surface area (Å²) in [7, 11) is 0. The predicted octanol–water partition coefficient (Wildman–Crippen LogP) is 2.67. The number of anilines is 1. The molecular weight excluding hydrogens is 321 g/mol. The molecule has 1 N–H and O–H groups in total. The second-order valence-electron chi connectivity index (χ2n) is 3.94. The fraction of sp³-hybridized carbons (Fsp3) is 0.0909. The summed E-state index contributed by atoms with van der Waals surface area (Å²) >= 11 is 13.2. The normalized spacial score (nSPS) is 10.9. The molecule has 0 saturated carbocycles. The molecule has 6 nitrogen and oxygen atoms in total. The van der Waals surface area contributed by atoms with Gasteiger partial charge in [0, 0.05) is 12.4 Å². The molecule has 0 unspecified atom stereocenters. The van der Waals surface area contributed by atoms with Crippen molar-refractivity contribution in [1.82, 2.24) is 19.6 Å². The first-order chi connectivity index (χ1) is 9.61. The van der Waals surface area contributed by atoms with Gasteiger partial charge in [-0.25, -0.2) is 4.98 Å². The minimum atomic E-state index is -0.215. The number of imidazole rings is 1. The van der Waals surface area contributed by atoms with Crippen LogP contribution in [-0.2, 0) is 11.2 Å². The quantitative estimate of drug-likeness (QED) is 0.802. The van der Waals surface area contributed by atoms with E-state index < -0.39 is 0 Å². The van der Waals surface area contributed by atoms with E-state index in [1.54, 1.807) is 28.4 Å². The van der Waals surface area contributed by atoms with E-state index >= 15 is 0 Å². The molecule has 0 saturated heterocycles. The van der Waals surface area contributed by atoms with Crippen molar-refractivity contribution in [2.24, 2.45) is 0 Å². The molecule has 3 aromatic heterocycles. The molecule has 0 fully saturated rings. The van der Waals surface area contributed by atoms with Gasteiger partial charge in [0.1, 0.15) is 5.51 Å². The van der Waals surface area contributed by atoms with E-state index in [4.69, 9.17) is 23.2 Å². The van der Waals surface area contributed by atoms with Gasteiger partial charge < -0.3 is 9.72 Å². The number of nitrogens with zero attached hydrogens (tertiary/aromatic N) is 4. The molecule has 20 heavy (non-hydrogen) atoms. The fourth-order valence-corrected chi connectivity index (χ4v) is 2.70. The predicted molar refractivity (Wildman–Crippen MR) is 77.5 cm³/mol. The van der Waals surface area contributed by atoms with Crippen molar-refractivity contribution in [2.75, 3.05) is 5.32 Å². The van der Waals surface area contributed by atoms with Gasteiger partial charge in [-0.05, 0) is 6.07 Å². The summed E-state index contributed by atoms with van der Waals surface area (Å²) in [6, 6.07) is 1.61. The second-order valence-corrected chi connectivity index (χ2v) is 5.62. The molecule has 3 heterocycles. The van der Waals surface area contributed by atoms with E-state index in [1.807, 2.05) is 0 Å². The summed E-state index contributed by atoms with van der Waals surface area (Å²) in [5.74, 6) is -0.215. The van der Waals surface area contributed by atoms with Crippen LogP contribution in [0.15, 0.2) is 24.0 Å². The average Bonchev–Trinajstić information content (AvgIpc) is 2.98. The molecule has 3 aromatic rings. The molecule has 0 aromatic carbocycles. The van der Waals surface area contributed by atoms with E-state index in [0.29, 0.717) is 26.5 Å². The van der Waals surface area contributed by atoms with Crippen molar-refractivity contribution in [2.45, 2.75) is 6.42 Å². The number of aromatic nitrogens is 4. The second kappa shape index (κ2) is 5.35. The number of carbonyl (C=O) groups excluding carboxylic acids is 1. The Morgan fingerprint density at radius 3 is 3.00 bits per heavy atom. The summed E-state index contributed by atoms with van der Waals surface area (Å²) in [5.41, 5.74) is 2.70. The van der Waals surface area contributed by atoms with E-state index in [9.17, 15) is 4.79 Å². The van der Waals surface area contributed by atoms with Crippen LogP contribution in [0.1, 0.15) is 5.69 Å². The van der Waals surface area contributed by atoms with Gasteiger partial charge in [0.25, 0.3) is 0 Å². The molecular formula is C11H7Cl2N5OS. The molecule has 9 heteroatoms. The van der Waals surface area contributed by atoms with Crippen LogP contribution in [0.3, 0.4) is 0 Å². The minimum Gasteiger partial charge on any atom is -0.304 e. The third-order valence-electron chi connectivity index (χ3n) is 2.47. The number of halogens is 2. The zero-order chi connectivity index (χ0) is 14.1. The Morgan fingerprint density at radius 2 is 2.25 bits per heavy atom. The van der Waals surface area contributed by atoms with Gasteiger partial charge >= 0.3 is 0 Å². The SMILES string of the molecule is O=C(Cc1cn2cc(Cl)cc(Cl)c2n1)Nc1nncs1. The maximum atomic E-state index is 11.8. The van der Waals surface area contributed by atoms with Crippen LogP contribution >= 0.6 is 34.5 Å². The molecule has 102 valence electrons. The summed E-state index contributed by atoms with van der Waals surface area (Å²) in [4.78, 5) is 16.1. The molecule has 3 rings (SSSR count). The van der Waals surface area contributed by atoms with Crippen molar-refractivity contribution in [3.05, 3.63) is 39.7 Å². The maximum Gasteiger partial charge on any atom is 0.232 e. The van der Waals surface area contributed by atoms with Crippen molar-refractivity contribution in [3.8, 4) is 0 Å². The number of carbonyl (C=O) groups is 1. The van der Waals surface area contributed by atoms with Crippen LogP contribution in [0.25, 0.3) is 5.65 Å². The van der Waals surface area contributed by atoms with Crippen LogP contribution in [0.2, 0.25) is 10.0 Å². The van der Waals surface area contributed by atoms with Crippen LogP contribution in [0.5, 0.6) is 0 Å². The first kappa shape index (κ1) is 13.3. The maximum absolute atomic E-state index is 11.8. The topological polar surface area (TPSA) is 72.2 Å². The molecule has 0 bridgehead atoms. The number of rotatable bonds is 3. The summed E-state index contributed by atoms with van der Waals surface area (Å²) in [6.45, 7) is 0. The summed E-state index contributed by atoms with van der Waals surface area (Å²) < 4.78 is 1.69. The van der Waals surface area contributed by atoms with Crippen LogP contribution in [-0.4, -0.2) is 25.5 Å². The van der Waals surface area contributed by atoms with Crippen LogP contribution in [0.4, 0.5) is 5.13 Å². The van der Waals surface area contributed by atoms with Gasteiger partial charge in [-0.3, -0.25) is 4.79 Å². The van der Waals surface area contributed by atoms with E-state index in [1.165, 1.54) is 11.3 Å². The lowest BCUT2D eigenvalue weighted by atomic mass is 10.3. The first-order valence-corrected chi connectivity index (χ1v) is 7.14. The van der Waals surface area contributed by atoms with Gasteiger partial charge in [-0.2, -0.15) is 0 Å². The van der Waals surface area contributed by atoms with Gasteiger partial charge in [0.05, 0.1) is 22.2 Å². The number of fused-ring (bicyclic) bond motifs is 1. The van der Waals surface area contributed by atoms with Crippen molar-refractivity contribution in [3.63, 3.8) is 0 Å². The number of hydrogen-bond donors (Lipinski definition) is 1. The zero-order valence-corrected chi connectivity index (χ0v) is 12.2. The van der Waals surface area contributed by atoms with Crippen LogP contribution in [0, 0.1) is 0 Å². The molecule has 0 radical (unpaired) electrons. The first-order valence-electron chi connectivity index (χ1n) is 5.50. The molecule has 0 atom stereocenters. The third-order valence-corrected chi connectivity index (χ3v) is 3.56. The minimum absolute atomic E-state index is 0.120. The highest BCUT2D eigenvalue weighted by molar-refractivity contribution is 7.13. The Labute approximate surface area is 127 Å². The molecule has 0 spiro atoms. The van der Waals surface area contributed by atoms with E-state index in [0.717, 1.165) is 0 Å². The number of pyridine rings is 1. The number of nitrogens with one attached hydrogen (secondary N) is 1. The lowest BCUT2D eigenvalue weighted by Gasteiger charge is -1.97. The highest BCUT2D eigenvalue weighted by atomic mass is 35.5. The monoisotopic (exact) mass is 327 g/mol. The van der Waals surface area contributed by atoms with Gasteiger partial charge in [-0.15, -0.1) is 10.2 Å². The standard InChI is InChI=1S/C11H7Cl2N5OS/c12-6-1-8(13)10-15-7(4-18(10)3-6)2-9(19)16-11-17-14-5-20-11/h1,3-5H,2H2,(H,16,17,19). The molecule has 1 amide bonds. The molecule has 0 aliphatic heterocycles. The Balaban J connectivity index is 1.81. The zero-order valence-electron chi connectivity index (χ0n) is 9.88. The van der Waals surface area contributed by atoms with Gasteiger partial charge in [0.2, 0.25) is 11.0 Å². The summed E-state index contributed by atoms with van der Waals surface area (Å²) in [5, 5.41) is 11.4. The number of amides is 1. The smallest absolute Gasteiger partial charge is 0.232 e. The largest absolute Gasteiger partial charge is 0.304 e. The Kier molecular flexibility index (Phi) is 3.56. The number of hydrogen-bond acceptors (Lipinski definition) is 5. The Bertz CT molecular complexity index is 771. The van der Waals surface area contributed by atoms with Gasteiger partial charge in [-0.1, -0.05) is 34.5 Å². The van der Waals surface area contributed by atoms with Crippen LogP contribution < -0.4 is 5.32 Å². The third kappa shape index (κ3) is 2.74. The lowest BCUT2D eigenvalue weighted by Crippen LogP contribution is -2.14. The van der Waals surface area contributed by atoms with Crippen molar-refractivity contribution >= 4 is 51.2 Å². The van der Waals surface area contributed by atoms with Crippen molar-refractivity contribution in [1.29, 1.82) is 0 Å². The Morgan fingerprint density at radius 1 is 1.40 bits per heavy atom. The molecule has 0 aliphatic rings. The fourth-order valence-electron chi connectivity index (χ4n) is 1.72. The molecule has 0 aliphatic carbocycles. The Hall–Kier alpha value is -1.70. The highest BCUT2D eigenvalue weighted by Gasteiger charge is 2.11. The van der Waals surface area contributed by atoms with Crippen molar-refractivity contribution < 1.29 is 4.79 Å². The van der Waals surface area contributed by atoms with E-state index in [-0.39, 0.29) is 12.3 Å². The van der Waals surface area contributed by atoms with E-state index in [2.05, 4.69) is 20.5 Å². The lowest BCUT2D eigenvalue weighted by molar-refractivity contribution is -0.115. The summed E-state index contributed by atoms with van der Waals surface area (Å²) in [6.07, 6.45) is 3.52.